The zero-order valence-electron chi connectivity index (χ0n) is 42.2. The maximum absolute atomic E-state index is 12.7. The standard InChI is InChI=1S/C55H102NO8P/c1-3-5-7-9-11-13-15-17-19-21-23-25-26-28-29-31-33-35-37-39-41-43-45-47-54(57)61-51-53(52-63-65(59,60)62-50-49-56)64-55(58)48-46-44-42-40-38-36-34-32-30-27-24-22-20-18-16-14-12-10-8-6-4-2/h16,18,21-24,30,32,53H,3-15,17,19-20,25-29,31,33-52,56H2,1-2H3,(H,59,60)/b18-16-,23-21-,24-22-,32-30-. The Kier molecular flexibility index (Phi) is 49.8. The number of unbranched alkanes of at least 4 members (excludes halogenated alkanes) is 30. The number of allylic oxidation sites excluding steroid dienone is 8. The van der Waals surface area contributed by atoms with Crippen LogP contribution in [0.25, 0.3) is 0 Å². The van der Waals surface area contributed by atoms with Crippen molar-refractivity contribution in [2.75, 3.05) is 26.4 Å². The van der Waals surface area contributed by atoms with Crippen LogP contribution in [0.2, 0.25) is 0 Å². The number of ether oxygens (including phenoxy) is 2. The molecule has 0 aromatic carbocycles. The Morgan fingerprint density at radius 3 is 1.20 bits per heavy atom. The van der Waals surface area contributed by atoms with Crippen molar-refractivity contribution in [2.45, 2.75) is 264 Å². The van der Waals surface area contributed by atoms with Crippen LogP contribution in [0.5, 0.6) is 0 Å². The summed E-state index contributed by atoms with van der Waals surface area (Å²) in [5, 5.41) is 0. The molecule has 0 amide bonds. The van der Waals surface area contributed by atoms with Gasteiger partial charge in [-0.1, -0.05) is 217 Å². The molecule has 65 heavy (non-hydrogen) atoms. The molecule has 0 heterocycles. The van der Waals surface area contributed by atoms with Gasteiger partial charge in [0, 0.05) is 19.4 Å². The van der Waals surface area contributed by atoms with Crippen molar-refractivity contribution >= 4 is 19.8 Å². The molecule has 0 rings (SSSR count). The number of phosphoric acid groups is 1. The molecule has 9 nitrogen and oxygen atoms in total. The van der Waals surface area contributed by atoms with Crippen LogP contribution in [-0.4, -0.2) is 49.3 Å². The van der Waals surface area contributed by atoms with Crippen LogP contribution in [0.1, 0.15) is 258 Å². The minimum atomic E-state index is -4.39. The summed E-state index contributed by atoms with van der Waals surface area (Å²) in [5.74, 6) is -0.837. The summed E-state index contributed by atoms with van der Waals surface area (Å²) in [7, 11) is -4.39. The Hall–Kier alpha value is -2.03. The number of rotatable bonds is 51. The number of hydrogen-bond donors (Lipinski definition) is 2. The van der Waals surface area contributed by atoms with E-state index in [9.17, 15) is 19.0 Å². The van der Waals surface area contributed by atoms with Crippen molar-refractivity contribution in [1.29, 1.82) is 0 Å². The van der Waals surface area contributed by atoms with Crippen LogP contribution in [0.15, 0.2) is 48.6 Å². The van der Waals surface area contributed by atoms with Gasteiger partial charge in [0.05, 0.1) is 13.2 Å². The number of nitrogens with two attached hydrogens (primary N) is 1. The van der Waals surface area contributed by atoms with Crippen molar-refractivity contribution in [3.8, 4) is 0 Å². The normalized spacial score (nSPS) is 13.5. The fourth-order valence-corrected chi connectivity index (χ4v) is 8.40. The van der Waals surface area contributed by atoms with Gasteiger partial charge < -0.3 is 20.1 Å². The molecule has 0 aromatic heterocycles. The quantitative estimate of drug-likeness (QED) is 0.0265. The third-order valence-corrected chi connectivity index (χ3v) is 12.7. The van der Waals surface area contributed by atoms with E-state index in [0.29, 0.717) is 6.42 Å². The number of carbonyl (C=O) groups is 2. The molecular formula is C55H102NO8P. The van der Waals surface area contributed by atoms with E-state index in [2.05, 4.69) is 62.5 Å². The van der Waals surface area contributed by atoms with Gasteiger partial charge >= 0.3 is 19.8 Å². The van der Waals surface area contributed by atoms with E-state index < -0.39 is 26.5 Å². The number of carbonyl (C=O) groups excluding carboxylic acids is 2. The van der Waals surface area contributed by atoms with E-state index >= 15 is 0 Å². The number of phosphoric ester groups is 1. The summed E-state index contributed by atoms with van der Waals surface area (Å²) in [6.07, 6.45) is 61.5. The van der Waals surface area contributed by atoms with E-state index in [-0.39, 0.29) is 38.6 Å². The molecule has 10 heteroatoms. The lowest BCUT2D eigenvalue weighted by Gasteiger charge is -2.19. The first-order valence-electron chi connectivity index (χ1n) is 27.1. The molecule has 0 saturated carbocycles. The summed E-state index contributed by atoms with van der Waals surface area (Å²) in [5.41, 5.74) is 5.37. The maximum atomic E-state index is 12.7. The van der Waals surface area contributed by atoms with Crippen molar-refractivity contribution in [1.82, 2.24) is 0 Å². The largest absolute Gasteiger partial charge is 0.472 e. The Morgan fingerprint density at radius 1 is 0.462 bits per heavy atom. The lowest BCUT2D eigenvalue weighted by molar-refractivity contribution is -0.161. The summed E-state index contributed by atoms with van der Waals surface area (Å²) in [4.78, 5) is 35.1. The second kappa shape index (κ2) is 51.4. The van der Waals surface area contributed by atoms with Crippen LogP contribution in [-0.2, 0) is 32.7 Å². The van der Waals surface area contributed by atoms with Gasteiger partial charge in [-0.15, -0.1) is 0 Å². The fraction of sp³-hybridized carbons (Fsp3) is 0.818. The third kappa shape index (κ3) is 51.2. The first-order chi connectivity index (χ1) is 31.8. The van der Waals surface area contributed by atoms with Gasteiger partial charge in [0.15, 0.2) is 6.10 Å². The first kappa shape index (κ1) is 63.0. The molecule has 0 bridgehead atoms. The second-order valence-electron chi connectivity index (χ2n) is 18.1. The summed E-state index contributed by atoms with van der Waals surface area (Å²) < 4.78 is 33.0. The topological polar surface area (TPSA) is 134 Å². The molecule has 2 atom stereocenters. The van der Waals surface area contributed by atoms with Gasteiger partial charge in [0.2, 0.25) is 0 Å². The van der Waals surface area contributed by atoms with Crippen LogP contribution < -0.4 is 5.73 Å². The van der Waals surface area contributed by atoms with Crippen LogP contribution in [0.4, 0.5) is 0 Å². The maximum Gasteiger partial charge on any atom is 0.472 e. The zero-order valence-corrected chi connectivity index (χ0v) is 43.1. The Labute approximate surface area is 400 Å². The van der Waals surface area contributed by atoms with Gasteiger partial charge in [0.25, 0.3) is 0 Å². The highest BCUT2D eigenvalue weighted by Gasteiger charge is 2.26. The Morgan fingerprint density at radius 2 is 0.800 bits per heavy atom. The molecule has 3 N–H and O–H groups in total. The molecule has 0 aliphatic carbocycles. The van der Waals surface area contributed by atoms with Gasteiger partial charge in [-0.25, -0.2) is 4.57 Å². The van der Waals surface area contributed by atoms with E-state index in [0.717, 1.165) is 70.6 Å². The zero-order chi connectivity index (χ0) is 47.4. The predicted molar refractivity (Wildman–Crippen MR) is 275 cm³/mol. The van der Waals surface area contributed by atoms with E-state index in [1.807, 2.05) is 0 Å². The van der Waals surface area contributed by atoms with Crippen LogP contribution >= 0.6 is 7.82 Å². The molecule has 0 aliphatic rings. The smallest absolute Gasteiger partial charge is 0.462 e. The average molecular weight is 936 g/mol. The predicted octanol–water partition coefficient (Wildman–Crippen LogP) is 16.6. The van der Waals surface area contributed by atoms with Gasteiger partial charge in [0.1, 0.15) is 6.61 Å². The first-order valence-corrected chi connectivity index (χ1v) is 28.6. The number of esters is 2. The van der Waals surface area contributed by atoms with Crippen molar-refractivity contribution in [3.63, 3.8) is 0 Å². The van der Waals surface area contributed by atoms with Gasteiger partial charge in [-0.2, -0.15) is 0 Å². The molecule has 0 radical (unpaired) electrons. The lowest BCUT2D eigenvalue weighted by atomic mass is 10.0. The number of hydrogen-bond acceptors (Lipinski definition) is 8. The average Bonchev–Trinajstić information content (AvgIpc) is 3.30. The lowest BCUT2D eigenvalue weighted by Crippen LogP contribution is -2.29. The Bertz CT molecular complexity index is 1200. The monoisotopic (exact) mass is 936 g/mol. The highest BCUT2D eigenvalue weighted by atomic mass is 31.2. The molecule has 0 aliphatic heterocycles. The molecule has 0 fully saturated rings. The molecule has 2 unspecified atom stereocenters. The van der Waals surface area contributed by atoms with Crippen LogP contribution in [0, 0.1) is 0 Å². The SMILES string of the molecule is CCCCCCC/C=C\C/C=C\C/C=C\CCCCCCCCC(=O)OC(COC(=O)CCCCCCCCCCCCC/C=C\CCCCCCCCCC)COP(=O)(O)OCCN. The highest BCUT2D eigenvalue weighted by Crippen LogP contribution is 2.43. The molecule has 0 spiro atoms. The van der Waals surface area contributed by atoms with E-state index in [4.69, 9.17) is 24.3 Å². The minimum absolute atomic E-state index is 0.0501. The van der Waals surface area contributed by atoms with Gasteiger partial charge in [-0.05, 0) is 77.0 Å². The minimum Gasteiger partial charge on any atom is -0.462 e. The van der Waals surface area contributed by atoms with E-state index in [1.165, 1.54) is 154 Å². The molecule has 380 valence electrons. The molecule has 0 aromatic rings. The fourth-order valence-electron chi connectivity index (χ4n) is 7.64. The van der Waals surface area contributed by atoms with E-state index in [1.54, 1.807) is 0 Å². The highest BCUT2D eigenvalue weighted by molar-refractivity contribution is 7.47. The van der Waals surface area contributed by atoms with Gasteiger partial charge in [-0.3, -0.25) is 18.6 Å². The van der Waals surface area contributed by atoms with Crippen molar-refractivity contribution in [3.05, 3.63) is 48.6 Å². The summed E-state index contributed by atoms with van der Waals surface area (Å²) in [6.45, 7) is 3.74. The van der Waals surface area contributed by atoms with Crippen molar-refractivity contribution < 1.29 is 37.6 Å². The van der Waals surface area contributed by atoms with Crippen molar-refractivity contribution in [2.24, 2.45) is 5.73 Å². The van der Waals surface area contributed by atoms with Crippen LogP contribution in [0.3, 0.4) is 0 Å². The molecule has 0 saturated heterocycles. The third-order valence-electron chi connectivity index (χ3n) is 11.7. The molecular weight excluding hydrogens is 834 g/mol. The summed E-state index contributed by atoms with van der Waals surface area (Å²) in [6, 6.07) is 0. The second-order valence-corrected chi connectivity index (χ2v) is 19.5. The Balaban J connectivity index is 4.04. The summed E-state index contributed by atoms with van der Waals surface area (Å²) >= 11 is 0.